The number of hydrogen-bond donors (Lipinski definition) is 1. The van der Waals surface area contributed by atoms with Crippen molar-refractivity contribution in [1.82, 2.24) is 0 Å². The molecule has 1 aromatic rings. The van der Waals surface area contributed by atoms with E-state index in [2.05, 4.69) is 37.4 Å². The fourth-order valence-electron chi connectivity index (χ4n) is 1.66. The third-order valence-corrected chi connectivity index (χ3v) is 2.40. The van der Waals surface area contributed by atoms with Crippen molar-refractivity contribution >= 4 is 5.69 Å². The first-order chi connectivity index (χ1) is 7.27. The van der Waals surface area contributed by atoms with E-state index in [0.29, 0.717) is 0 Å². The van der Waals surface area contributed by atoms with Crippen molar-refractivity contribution in [3.8, 4) is 0 Å². The second-order valence-electron chi connectivity index (χ2n) is 3.83. The molecule has 0 atom stereocenters. The minimum atomic E-state index is 0.749. The molecule has 0 aromatic heterocycles. The average Bonchev–Trinajstić information content (AvgIpc) is 2.22. The number of ether oxygens (including phenoxy) is 1. The van der Waals surface area contributed by atoms with Crippen LogP contribution in [-0.2, 0) is 11.2 Å². The van der Waals surface area contributed by atoms with Gasteiger partial charge in [-0.1, -0.05) is 31.0 Å². The van der Waals surface area contributed by atoms with Crippen LogP contribution in [0.5, 0.6) is 0 Å². The lowest BCUT2D eigenvalue weighted by Crippen LogP contribution is -2.09. The van der Waals surface area contributed by atoms with Crippen LogP contribution in [0, 0.1) is 6.92 Å². The summed E-state index contributed by atoms with van der Waals surface area (Å²) in [6.07, 6.45) is 2.32. The Morgan fingerprint density at radius 2 is 2.13 bits per heavy atom. The van der Waals surface area contributed by atoms with Crippen molar-refractivity contribution < 1.29 is 4.74 Å². The van der Waals surface area contributed by atoms with Gasteiger partial charge in [0.25, 0.3) is 0 Å². The zero-order chi connectivity index (χ0) is 11.1. The van der Waals surface area contributed by atoms with Gasteiger partial charge in [0.2, 0.25) is 0 Å². The van der Waals surface area contributed by atoms with Gasteiger partial charge in [0.05, 0.1) is 6.61 Å². The third-order valence-electron chi connectivity index (χ3n) is 2.40. The van der Waals surface area contributed by atoms with Gasteiger partial charge in [-0.2, -0.15) is 0 Å². The summed E-state index contributed by atoms with van der Waals surface area (Å²) in [6.45, 7) is 5.97. The Bertz CT molecular complexity index is 297. The van der Waals surface area contributed by atoms with Crippen molar-refractivity contribution in [3.05, 3.63) is 29.3 Å². The van der Waals surface area contributed by atoms with Crippen molar-refractivity contribution in [2.45, 2.75) is 26.7 Å². The monoisotopic (exact) mass is 207 g/mol. The molecule has 0 heterocycles. The first-order valence-corrected chi connectivity index (χ1v) is 5.60. The van der Waals surface area contributed by atoms with Gasteiger partial charge in [0, 0.05) is 19.3 Å². The minimum Gasteiger partial charge on any atom is -0.383 e. The lowest BCUT2D eigenvalue weighted by Gasteiger charge is -2.12. The molecule has 0 unspecified atom stereocenters. The topological polar surface area (TPSA) is 21.3 Å². The molecule has 0 saturated carbocycles. The molecule has 1 rings (SSSR count). The number of nitrogens with one attached hydrogen (secondary N) is 1. The second-order valence-corrected chi connectivity index (χ2v) is 3.83. The molecule has 1 N–H and O–H groups in total. The fourth-order valence-corrected chi connectivity index (χ4v) is 1.66. The Hall–Kier alpha value is -1.02. The Morgan fingerprint density at radius 1 is 1.33 bits per heavy atom. The molecule has 0 saturated heterocycles. The SMILES string of the molecule is CCCc1cc(C)ccc1NCCOC. The molecule has 84 valence electrons. The number of rotatable bonds is 6. The number of benzene rings is 1. The second kappa shape index (κ2) is 6.46. The summed E-state index contributed by atoms with van der Waals surface area (Å²) in [5.41, 5.74) is 3.99. The first kappa shape index (κ1) is 12.1. The Morgan fingerprint density at radius 3 is 2.80 bits per heavy atom. The van der Waals surface area contributed by atoms with E-state index in [0.717, 1.165) is 19.6 Å². The van der Waals surface area contributed by atoms with Crippen LogP contribution in [0.25, 0.3) is 0 Å². The maximum Gasteiger partial charge on any atom is 0.0635 e. The molecule has 0 bridgehead atoms. The van der Waals surface area contributed by atoms with E-state index in [1.165, 1.54) is 23.2 Å². The predicted octanol–water partition coefficient (Wildman–Crippen LogP) is 3.01. The van der Waals surface area contributed by atoms with Gasteiger partial charge in [-0.15, -0.1) is 0 Å². The highest BCUT2D eigenvalue weighted by atomic mass is 16.5. The average molecular weight is 207 g/mol. The van der Waals surface area contributed by atoms with E-state index >= 15 is 0 Å². The molecule has 0 radical (unpaired) electrons. The van der Waals surface area contributed by atoms with Crippen LogP contribution in [-0.4, -0.2) is 20.3 Å². The van der Waals surface area contributed by atoms with Gasteiger partial charge in [0.1, 0.15) is 0 Å². The smallest absolute Gasteiger partial charge is 0.0635 e. The fraction of sp³-hybridized carbons (Fsp3) is 0.538. The highest BCUT2D eigenvalue weighted by Gasteiger charge is 2.01. The van der Waals surface area contributed by atoms with E-state index in [1.807, 2.05) is 0 Å². The highest BCUT2D eigenvalue weighted by molar-refractivity contribution is 5.52. The lowest BCUT2D eigenvalue weighted by atomic mass is 10.1. The molecule has 2 nitrogen and oxygen atoms in total. The van der Waals surface area contributed by atoms with Gasteiger partial charge in [-0.3, -0.25) is 0 Å². The van der Waals surface area contributed by atoms with E-state index in [9.17, 15) is 0 Å². The number of methoxy groups -OCH3 is 1. The lowest BCUT2D eigenvalue weighted by molar-refractivity contribution is 0.211. The number of aryl methyl sites for hydroxylation is 2. The van der Waals surface area contributed by atoms with Crippen molar-refractivity contribution in [2.24, 2.45) is 0 Å². The molecule has 2 heteroatoms. The number of hydrogen-bond acceptors (Lipinski definition) is 2. The maximum absolute atomic E-state index is 5.02. The van der Waals surface area contributed by atoms with Crippen molar-refractivity contribution in [1.29, 1.82) is 0 Å². The van der Waals surface area contributed by atoms with Crippen molar-refractivity contribution in [2.75, 3.05) is 25.6 Å². The summed E-state index contributed by atoms with van der Waals surface area (Å²) in [4.78, 5) is 0. The van der Waals surface area contributed by atoms with Gasteiger partial charge >= 0.3 is 0 Å². The van der Waals surface area contributed by atoms with E-state index < -0.39 is 0 Å². The largest absolute Gasteiger partial charge is 0.383 e. The molecular weight excluding hydrogens is 186 g/mol. The molecule has 0 fully saturated rings. The molecule has 1 aromatic carbocycles. The quantitative estimate of drug-likeness (QED) is 0.724. The highest BCUT2D eigenvalue weighted by Crippen LogP contribution is 2.18. The maximum atomic E-state index is 5.02. The van der Waals surface area contributed by atoms with Gasteiger partial charge in [-0.25, -0.2) is 0 Å². The van der Waals surface area contributed by atoms with E-state index in [4.69, 9.17) is 4.74 Å². The Kier molecular flexibility index (Phi) is 5.19. The van der Waals surface area contributed by atoms with E-state index in [1.54, 1.807) is 7.11 Å². The van der Waals surface area contributed by atoms with Crippen LogP contribution < -0.4 is 5.32 Å². The van der Waals surface area contributed by atoms with E-state index in [-0.39, 0.29) is 0 Å². The van der Waals surface area contributed by atoms with Crippen LogP contribution in [0.2, 0.25) is 0 Å². The molecule has 0 amide bonds. The first-order valence-electron chi connectivity index (χ1n) is 5.60. The third kappa shape index (κ3) is 3.92. The molecule has 15 heavy (non-hydrogen) atoms. The van der Waals surface area contributed by atoms with Crippen LogP contribution in [0.3, 0.4) is 0 Å². The summed E-state index contributed by atoms with van der Waals surface area (Å²) >= 11 is 0. The van der Waals surface area contributed by atoms with Crippen LogP contribution in [0.1, 0.15) is 24.5 Å². The van der Waals surface area contributed by atoms with Crippen LogP contribution in [0.15, 0.2) is 18.2 Å². The van der Waals surface area contributed by atoms with Gasteiger partial charge in [-0.05, 0) is 25.0 Å². The van der Waals surface area contributed by atoms with Gasteiger partial charge in [0.15, 0.2) is 0 Å². The normalized spacial score (nSPS) is 10.3. The van der Waals surface area contributed by atoms with Crippen molar-refractivity contribution in [3.63, 3.8) is 0 Å². The predicted molar refractivity (Wildman–Crippen MR) is 65.5 cm³/mol. The molecular formula is C13H21NO. The molecule has 0 spiro atoms. The molecule has 0 aliphatic heterocycles. The summed E-state index contributed by atoms with van der Waals surface area (Å²) in [6, 6.07) is 6.57. The summed E-state index contributed by atoms with van der Waals surface area (Å²) in [7, 11) is 1.73. The van der Waals surface area contributed by atoms with Crippen LogP contribution in [0.4, 0.5) is 5.69 Å². The summed E-state index contributed by atoms with van der Waals surface area (Å²) in [5.74, 6) is 0. The number of anilines is 1. The zero-order valence-electron chi connectivity index (χ0n) is 9.97. The summed E-state index contributed by atoms with van der Waals surface area (Å²) in [5, 5.41) is 3.40. The Balaban J connectivity index is 2.67. The Labute approximate surface area is 92.6 Å². The zero-order valence-corrected chi connectivity index (χ0v) is 9.97. The summed E-state index contributed by atoms with van der Waals surface area (Å²) < 4.78 is 5.02. The molecule has 0 aliphatic carbocycles. The standard InChI is InChI=1S/C13H21NO/c1-4-5-12-10-11(2)6-7-13(12)14-8-9-15-3/h6-7,10,14H,4-5,8-9H2,1-3H3. The molecule has 0 aliphatic rings. The van der Waals surface area contributed by atoms with Gasteiger partial charge < -0.3 is 10.1 Å². The van der Waals surface area contributed by atoms with Crippen LogP contribution >= 0.6 is 0 Å². The minimum absolute atomic E-state index is 0.749.